The van der Waals surface area contributed by atoms with Gasteiger partial charge >= 0.3 is 0 Å². The fraction of sp³-hybridized carbons (Fsp3) is 0.333. The Morgan fingerprint density at radius 3 is 2.50 bits per heavy atom. The maximum Gasteiger partial charge on any atom is 0.162 e. The first kappa shape index (κ1) is 20.6. The number of aryl methyl sites for hydroxylation is 1. The van der Waals surface area contributed by atoms with E-state index < -0.39 is 0 Å². The molecule has 5 rings (SSSR count). The number of nitrogens with zero attached hydrogens (tertiary/aromatic N) is 2. The zero-order valence-corrected chi connectivity index (χ0v) is 19.1. The molecule has 2 aliphatic rings. The minimum atomic E-state index is -0.141. The van der Waals surface area contributed by atoms with Crippen LogP contribution in [0.2, 0.25) is 0 Å². The van der Waals surface area contributed by atoms with Crippen molar-refractivity contribution in [1.82, 2.24) is 9.78 Å². The van der Waals surface area contributed by atoms with Crippen LogP contribution in [0.25, 0.3) is 5.69 Å². The zero-order valence-electron chi connectivity index (χ0n) is 19.1. The van der Waals surface area contributed by atoms with Crippen molar-refractivity contribution in [2.75, 3.05) is 11.9 Å². The number of fused-ring (bicyclic) bond motifs is 1. The van der Waals surface area contributed by atoms with E-state index in [1.54, 1.807) is 0 Å². The smallest absolute Gasteiger partial charge is 0.162 e. The minimum absolute atomic E-state index is 0.0730. The Labute approximate surface area is 189 Å². The van der Waals surface area contributed by atoms with E-state index in [-0.39, 0.29) is 17.1 Å². The van der Waals surface area contributed by atoms with Crippen LogP contribution < -0.4 is 10.1 Å². The summed E-state index contributed by atoms with van der Waals surface area (Å²) >= 11 is 0. The van der Waals surface area contributed by atoms with Gasteiger partial charge in [0.05, 0.1) is 18.0 Å². The van der Waals surface area contributed by atoms with Gasteiger partial charge in [-0.2, -0.15) is 5.10 Å². The topological polar surface area (TPSA) is 56.1 Å². The molecule has 0 saturated heterocycles. The van der Waals surface area contributed by atoms with E-state index in [2.05, 4.69) is 43.4 Å². The normalized spacial score (nSPS) is 19.2. The average Bonchev–Trinajstić information content (AvgIpc) is 3.09. The fourth-order valence-corrected chi connectivity index (χ4v) is 5.09. The van der Waals surface area contributed by atoms with Gasteiger partial charge in [-0.15, -0.1) is 0 Å². The van der Waals surface area contributed by atoms with E-state index in [4.69, 9.17) is 9.84 Å². The number of rotatable bonds is 4. The summed E-state index contributed by atoms with van der Waals surface area (Å²) in [5.74, 6) is 1.88. The lowest BCUT2D eigenvalue weighted by Gasteiger charge is -2.38. The number of benzene rings is 2. The third kappa shape index (κ3) is 3.42. The number of allylic oxidation sites excluding steroid dienone is 2. The molecular weight excluding hydrogens is 398 g/mol. The van der Waals surface area contributed by atoms with E-state index in [1.165, 1.54) is 0 Å². The van der Waals surface area contributed by atoms with Crippen LogP contribution in [0.15, 0.2) is 65.9 Å². The van der Waals surface area contributed by atoms with Gasteiger partial charge in [0.15, 0.2) is 5.78 Å². The molecule has 0 fully saturated rings. The number of hydrogen-bond acceptors (Lipinski definition) is 4. The van der Waals surface area contributed by atoms with Crippen molar-refractivity contribution in [1.29, 1.82) is 0 Å². The molecule has 3 aromatic rings. The summed E-state index contributed by atoms with van der Waals surface area (Å²) in [6.45, 7) is 8.97. The highest BCUT2D eigenvalue weighted by molar-refractivity contribution is 6.01. The van der Waals surface area contributed by atoms with Gasteiger partial charge in [0.1, 0.15) is 11.6 Å². The molecular formula is C27H29N3O2. The Balaban J connectivity index is 1.71. The highest BCUT2D eigenvalue weighted by atomic mass is 16.5. The molecule has 1 atom stereocenters. The van der Waals surface area contributed by atoms with E-state index >= 15 is 0 Å². The molecule has 0 radical (unpaired) electrons. The van der Waals surface area contributed by atoms with Gasteiger partial charge in [0.2, 0.25) is 0 Å². The van der Waals surface area contributed by atoms with Crippen molar-refractivity contribution in [3.8, 4) is 11.4 Å². The maximum atomic E-state index is 13.4. The Morgan fingerprint density at radius 1 is 1.09 bits per heavy atom. The number of nitrogens with one attached hydrogen (secondary N) is 1. The Bertz CT molecular complexity index is 1200. The van der Waals surface area contributed by atoms with Crippen LogP contribution in [0.5, 0.6) is 5.75 Å². The zero-order chi connectivity index (χ0) is 22.5. The second-order valence-electron chi connectivity index (χ2n) is 9.49. The second-order valence-corrected chi connectivity index (χ2v) is 9.49. The SMILES string of the molecule is CCOc1ccc([C@H]2C3=C(CC(C)(C)CC3=O)Nc3c2c(C)nn3-c2ccccc2)cc1. The lowest BCUT2D eigenvalue weighted by atomic mass is 9.69. The van der Waals surface area contributed by atoms with Crippen molar-refractivity contribution < 1.29 is 9.53 Å². The number of anilines is 1. The third-order valence-corrected chi connectivity index (χ3v) is 6.40. The maximum absolute atomic E-state index is 13.4. The molecule has 1 aliphatic carbocycles. The number of carbonyl (C=O) groups excluding carboxylic acids is 1. The van der Waals surface area contributed by atoms with Crippen molar-refractivity contribution >= 4 is 11.6 Å². The summed E-state index contributed by atoms with van der Waals surface area (Å²) in [7, 11) is 0. The van der Waals surface area contributed by atoms with E-state index in [9.17, 15) is 4.79 Å². The number of hydrogen-bond donors (Lipinski definition) is 1. The lowest BCUT2D eigenvalue weighted by molar-refractivity contribution is -0.118. The lowest BCUT2D eigenvalue weighted by Crippen LogP contribution is -2.34. The van der Waals surface area contributed by atoms with Crippen molar-refractivity contribution in [2.24, 2.45) is 5.41 Å². The summed E-state index contributed by atoms with van der Waals surface area (Å²) in [5, 5.41) is 8.53. The van der Waals surface area contributed by atoms with Crippen molar-refractivity contribution in [3.63, 3.8) is 0 Å². The van der Waals surface area contributed by atoms with Gasteiger partial charge in [0.25, 0.3) is 0 Å². The van der Waals surface area contributed by atoms with E-state index in [0.717, 1.165) is 51.8 Å². The van der Waals surface area contributed by atoms with Crippen LogP contribution in [-0.4, -0.2) is 22.2 Å². The molecule has 2 heterocycles. The first-order chi connectivity index (χ1) is 15.4. The van der Waals surface area contributed by atoms with Gasteiger partial charge in [-0.1, -0.05) is 44.2 Å². The molecule has 2 aromatic carbocycles. The number of para-hydroxylation sites is 1. The fourth-order valence-electron chi connectivity index (χ4n) is 5.09. The molecule has 1 N–H and O–H groups in total. The molecule has 1 aromatic heterocycles. The molecule has 5 heteroatoms. The summed E-state index contributed by atoms with van der Waals surface area (Å²) in [6.07, 6.45) is 1.39. The molecule has 0 saturated carbocycles. The Hall–Kier alpha value is -3.34. The van der Waals surface area contributed by atoms with Crippen molar-refractivity contribution in [2.45, 2.75) is 46.5 Å². The van der Waals surface area contributed by atoms with Crippen LogP contribution in [-0.2, 0) is 4.79 Å². The first-order valence-electron chi connectivity index (χ1n) is 11.3. The molecule has 0 unspecified atom stereocenters. The van der Waals surface area contributed by atoms with Gasteiger partial charge in [-0.3, -0.25) is 4.79 Å². The Morgan fingerprint density at radius 2 is 1.81 bits per heavy atom. The summed E-state index contributed by atoms with van der Waals surface area (Å²) in [6, 6.07) is 18.3. The molecule has 0 amide bonds. The van der Waals surface area contributed by atoms with Gasteiger partial charge in [0, 0.05) is 29.2 Å². The van der Waals surface area contributed by atoms with E-state index in [0.29, 0.717) is 13.0 Å². The van der Waals surface area contributed by atoms with Gasteiger partial charge < -0.3 is 10.1 Å². The van der Waals surface area contributed by atoms with Gasteiger partial charge in [-0.25, -0.2) is 4.68 Å². The molecule has 5 nitrogen and oxygen atoms in total. The number of ketones is 1. The predicted molar refractivity (Wildman–Crippen MR) is 126 cm³/mol. The van der Waals surface area contributed by atoms with Crippen LogP contribution in [0.3, 0.4) is 0 Å². The first-order valence-corrected chi connectivity index (χ1v) is 11.3. The quantitative estimate of drug-likeness (QED) is 0.573. The number of aromatic nitrogens is 2. The minimum Gasteiger partial charge on any atom is -0.494 e. The number of carbonyl (C=O) groups is 1. The molecule has 32 heavy (non-hydrogen) atoms. The van der Waals surface area contributed by atoms with Gasteiger partial charge in [-0.05, 0) is 55.5 Å². The van der Waals surface area contributed by atoms with Crippen LogP contribution in [0, 0.1) is 12.3 Å². The Kier molecular flexibility index (Phi) is 4.92. The van der Waals surface area contributed by atoms with Crippen LogP contribution in [0.1, 0.15) is 56.4 Å². The monoisotopic (exact) mass is 427 g/mol. The molecule has 1 aliphatic heterocycles. The predicted octanol–water partition coefficient (Wildman–Crippen LogP) is 5.78. The highest BCUT2D eigenvalue weighted by Crippen LogP contribution is 2.50. The molecule has 0 spiro atoms. The number of ether oxygens (including phenoxy) is 1. The third-order valence-electron chi connectivity index (χ3n) is 6.40. The van der Waals surface area contributed by atoms with Crippen LogP contribution >= 0.6 is 0 Å². The molecule has 164 valence electrons. The number of Topliss-reactive ketones (excluding diaryl/α,β-unsaturated/α-hetero) is 1. The van der Waals surface area contributed by atoms with E-state index in [1.807, 2.05) is 48.9 Å². The summed E-state index contributed by atoms with van der Waals surface area (Å²) in [4.78, 5) is 13.4. The average molecular weight is 428 g/mol. The standard InChI is InChI=1S/C27H29N3O2/c1-5-32-20-13-11-18(12-14-20)24-23-17(2)29-30(19-9-7-6-8-10-19)26(23)28-21-15-27(3,4)16-22(31)25(21)24/h6-14,24,28H,5,15-16H2,1-4H3/t24-/m1/s1. The van der Waals surface area contributed by atoms with Crippen molar-refractivity contribution in [3.05, 3.63) is 82.7 Å². The van der Waals surface area contributed by atoms with Crippen LogP contribution in [0.4, 0.5) is 5.82 Å². The molecule has 0 bridgehead atoms. The summed E-state index contributed by atoms with van der Waals surface area (Å²) in [5.41, 5.74) is 5.93. The summed E-state index contributed by atoms with van der Waals surface area (Å²) < 4.78 is 7.62. The highest BCUT2D eigenvalue weighted by Gasteiger charge is 2.42. The second kappa shape index (κ2) is 7.66. The largest absolute Gasteiger partial charge is 0.494 e.